The zero-order chi connectivity index (χ0) is 20.0. The van der Waals surface area contributed by atoms with Crippen molar-refractivity contribution in [1.29, 1.82) is 0 Å². The number of likely N-dealkylation sites (N-methyl/N-ethyl adjacent to an activating group) is 1. The largest absolute Gasteiger partial charge is 0.353 e. The molecule has 146 valence electrons. The number of rotatable bonds is 8. The van der Waals surface area contributed by atoms with Gasteiger partial charge in [0, 0.05) is 17.6 Å². The Kier molecular flexibility index (Phi) is 8.87. The van der Waals surface area contributed by atoms with E-state index in [0.29, 0.717) is 23.0 Å². The third-order valence-electron chi connectivity index (χ3n) is 4.33. The van der Waals surface area contributed by atoms with Crippen molar-refractivity contribution < 1.29 is 9.59 Å². The molecule has 0 aromatic heterocycles. The summed E-state index contributed by atoms with van der Waals surface area (Å²) in [7, 11) is 3.97. The Morgan fingerprint density at radius 1 is 1.08 bits per heavy atom. The molecular formula is C19H29Cl2N3O2. The first-order chi connectivity index (χ1) is 12.0. The maximum atomic E-state index is 12.6. The summed E-state index contributed by atoms with van der Waals surface area (Å²) in [6, 6.07) is 4.22. The second-order valence-corrected chi connectivity index (χ2v) is 8.18. The third kappa shape index (κ3) is 6.45. The Morgan fingerprint density at radius 3 is 2.15 bits per heavy atom. The molecule has 26 heavy (non-hydrogen) atoms. The smallest absolute Gasteiger partial charge is 0.253 e. The zero-order valence-corrected chi connectivity index (χ0v) is 17.8. The maximum absolute atomic E-state index is 12.6. The molecule has 1 aromatic rings. The van der Waals surface area contributed by atoms with E-state index < -0.39 is 11.9 Å². The zero-order valence-electron chi connectivity index (χ0n) is 16.3. The number of nitrogens with zero attached hydrogens (tertiary/aromatic N) is 1. The Balaban J connectivity index is 2.81. The normalized spacial score (nSPS) is 13.8. The van der Waals surface area contributed by atoms with E-state index in [9.17, 15) is 9.59 Å². The molecule has 2 atom stereocenters. The number of carbonyl (C=O) groups is 2. The van der Waals surface area contributed by atoms with Crippen LogP contribution < -0.4 is 10.6 Å². The second kappa shape index (κ2) is 10.1. The van der Waals surface area contributed by atoms with Crippen LogP contribution in [0.4, 0.5) is 0 Å². The van der Waals surface area contributed by atoms with E-state index in [-0.39, 0.29) is 22.9 Å². The molecule has 0 saturated heterocycles. The molecule has 5 nitrogen and oxygen atoms in total. The number of nitrogens with one attached hydrogen (secondary N) is 2. The Hall–Kier alpha value is -1.30. The molecule has 0 heterocycles. The highest BCUT2D eigenvalue weighted by atomic mass is 35.5. The van der Waals surface area contributed by atoms with Crippen molar-refractivity contribution in [2.75, 3.05) is 20.6 Å². The number of hydrogen-bond donors (Lipinski definition) is 2. The van der Waals surface area contributed by atoms with Gasteiger partial charge in [0.05, 0.1) is 10.6 Å². The van der Waals surface area contributed by atoms with Gasteiger partial charge in [-0.25, -0.2) is 0 Å². The summed E-state index contributed by atoms with van der Waals surface area (Å²) in [5, 5.41) is 6.45. The van der Waals surface area contributed by atoms with Crippen LogP contribution in [-0.4, -0.2) is 49.4 Å². The van der Waals surface area contributed by atoms with Gasteiger partial charge in [-0.3, -0.25) is 9.59 Å². The van der Waals surface area contributed by atoms with Gasteiger partial charge in [0.1, 0.15) is 6.04 Å². The molecule has 0 bridgehead atoms. The molecular weight excluding hydrogens is 373 g/mol. The fourth-order valence-electron chi connectivity index (χ4n) is 2.76. The summed E-state index contributed by atoms with van der Waals surface area (Å²) in [6.07, 6.45) is 0. The van der Waals surface area contributed by atoms with Crippen molar-refractivity contribution in [2.24, 2.45) is 11.8 Å². The first-order valence-corrected chi connectivity index (χ1v) is 9.50. The molecule has 0 fully saturated rings. The van der Waals surface area contributed by atoms with E-state index >= 15 is 0 Å². The van der Waals surface area contributed by atoms with E-state index in [2.05, 4.69) is 29.4 Å². The van der Waals surface area contributed by atoms with E-state index in [1.54, 1.807) is 12.1 Å². The van der Waals surface area contributed by atoms with Gasteiger partial charge in [0.15, 0.2) is 0 Å². The van der Waals surface area contributed by atoms with Crippen molar-refractivity contribution in [3.8, 4) is 0 Å². The SMILES string of the molecule is CC(C)[C@H](NC(=O)c1ccc(Cl)cc1Cl)C(=O)NC[C@H](C(C)C)N(C)C. The minimum atomic E-state index is -0.649. The lowest BCUT2D eigenvalue weighted by molar-refractivity contribution is -0.124. The van der Waals surface area contributed by atoms with Crippen LogP contribution in [0.5, 0.6) is 0 Å². The van der Waals surface area contributed by atoms with Crippen LogP contribution in [-0.2, 0) is 4.79 Å². The quantitative estimate of drug-likeness (QED) is 0.700. The molecule has 7 heteroatoms. The summed E-state index contributed by atoms with van der Waals surface area (Å²) >= 11 is 12.0. The van der Waals surface area contributed by atoms with Gasteiger partial charge in [0.2, 0.25) is 5.91 Å². The lowest BCUT2D eigenvalue weighted by Crippen LogP contribution is -2.52. The molecule has 0 spiro atoms. The molecule has 0 aliphatic carbocycles. The summed E-state index contributed by atoms with van der Waals surface area (Å²) in [5.41, 5.74) is 0.294. The fourth-order valence-corrected chi connectivity index (χ4v) is 3.25. The standard InChI is InChI=1S/C19H29Cl2N3O2/c1-11(2)16(24(5)6)10-22-19(26)17(12(3)4)23-18(25)14-8-7-13(20)9-15(14)21/h7-9,11-12,16-17H,10H2,1-6H3,(H,22,26)(H,23,25)/t16-,17+/m1/s1. The number of benzene rings is 1. The first kappa shape index (κ1) is 22.7. The molecule has 2 N–H and O–H groups in total. The van der Waals surface area contributed by atoms with Gasteiger partial charge in [-0.05, 0) is 44.1 Å². The molecule has 0 saturated carbocycles. The lowest BCUT2D eigenvalue weighted by atomic mass is 10.0. The van der Waals surface area contributed by atoms with Crippen LogP contribution >= 0.6 is 23.2 Å². The first-order valence-electron chi connectivity index (χ1n) is 8.74. The molecule has 0 radical (unpaired) electrons. The average Bonchev–Trinajstić information content (AvgIpc) is 2.51. The van der Waals surface area contributed by atoms with Gasteiger partial charge in [-0.15, -0.1) is 0 Å². The van der Waals surface area contributed by atoms with Crippen molar-refractivity contribution >= 4 is 35.0 Å². The van der Waals surface area contributed by atoms with E-state index in [1.807, 2.05) is 27.9 Å². The van der Waals surface area contributed by atoms with Gasteiger partial charge < -0.3 is 15.5 Å². The number of halogens is 2. The minimum absolute atomic E-state index is 0.0677. The van der Waals surface area contributed by atoms with Crippen LogP contribution in [0.2, 0.25) is 10.0 Å². The molecule has 2 amide bonds. The molecule has 0 aliphatic heterocycles. The van der Waals surface area contributed by atoms with Crippen LogP contribution in [0.1, 0.15) is 38.1 Å². The molecule has 0 unspecified atom stereocenters. The fraction of sp³-hybridized carbons (Fsp3) is 0.579. The van der Waals surface area contributed by atoms with Gasteiger partial charge in [-0.2, -0.15) is 0 Å². The van der Waals surface area contributed by atoms with Gasteiger partial charge in [0.25, 0.3) is 5.91 Å². The highest BCUT2D eigenvalue weighted by Gasteiger charge is 2.26. The topological polar surface area (TPSA) is 61.4 Å². The van der Waals surface area contributed by atoms with Crippen LogP contribution in [0.15, 0.2) is 18.2 Å². The predicted octanol–water partition coefficient (Wildman–Crippen LogP) is 3.45. The van der Waals surface area contributed by atoms with Crippen molar-refractivity contribution in [3.63, 3.8) is 0 Å². The number of carbonyl (C=O) groups excluding carboxylic acids is 2. The Labute approximate surface area is 166 Å². The third-order valence-corrected chi connectivity index (χ3v) is 4.88. The highest BCUT2D eigenvalue weighted by Crippen LogP contribution is 2.21. The second-order valence-electron chi connectivity index (χ2n) is 7.34. The van der Waals surface area contributed by atoms with E-state index in [1.165, 1.54) is 6.07 Å². The highest BCUT2D eigenvalue weighted by molar-refractivity contribution is 6.36. The Morgan fingerprint density at radius 2 is 1.69 bits per heavy atom. The molecule has 1 rings (SSSR count). The average molecular weight is 402 g/mol. The summed E-state index contributed by atoms with van der Waals surface area (Å²) < 4.78 is 0. The summed E-state index contributed by atoms with van der Waals surface area (Å²) in [6.45, 7) is 8.52. The van der Waals surface area contributed by atoms with E-state index in [4.69, 9.17) is 23.2 Å². The van der Waals surface area contributed by atoms with Gasteiger partial charge in [-0.1, -0.05) is 50.9 Å². The predicted molar refractivity (Wildman–Crippen MR) is 108 cm³/mol. The van der Waals surface area contributed by atoms with Crippen molar-refractivity contribution in [2.45, 2.75) is 39.8 Å². The van der Waals surface area contributed by atoms with Crippen LogP contribution in [0.3, 0.4) is 0 Å². The lowest BCUT2D eigenvalue weighted by Gasteiger charge is -2.29. The number of amides is 2. The maximum Gasteiger partial charge on any atom is 0.253 e. The Bertz CT molecular complexity index is 625. The van der Waals surface area contributed by atoms with Crippen molar-refractivity contribution in [1.82, 2.24) is 15.5 Å². The van der Waals surface area contributed by atoms with Gasteiger partial charge >= 0.3 is 0 Å². The van der Waals surface area contributed by atoms with Crippen LogP contribution in [0.25, 0.3) is 0 Å². The summed E-state index contributed by atoms with van der Waals surface area (Å²) in [5.74, 6) is -0.272. The number of hydrogen-bond acceptors (Lipinski definition) is 3. The van der Waals surface area contributed by atoms with Crippen molar-refractivity contribution in [3.05, 3.63) is 33.8 Å². The van der Waals surface area contributed by atoms with Crippen LogP contribution in [0, 0.1) is 11.8 Å². The van der Waals surface area contributed by atoms with E-state index in [0.717, 1.165) is 0 Å². The molecule has 1 aromatic carbocycles. The summed E-state index contributed by atoms with van der Waals surface area (Å²) in [4.78, 5) is 27.3. The molecule has 0 aliphatic rings. The monoisotopic (exact) mass is 401 g/mol. The minimum Gasteiger partial charge on any atom is -0.353 e.